The lowest BCUT2D eigenvalue weighted by atomic mass is 10.0. The summed E-state index contributed by atoms with van der Waals surface area (Å²) in [4.78, 5) is 2.70. The Bertz CT molecular complexity index is 168. The van der Waals surface area contributed by atoms with E-state index in [0.29, 0.717) is 0 Å². The topological polar surface area (TPSA) is 15.3 Å². The largest absolute Gasteiger partial charge is 0.317 e. The Morgan fingerprint density at radius 2 is 2.07 bits per heavy atom. The van der Waals surface area contributed by atoms with Gasteiger partial charge in [-0.25, -0.2) is 0 Å². The Kier molecular flexibility index (Phi) is 5.62. The van der Waals surface area contributed by atoms with E-state index in [-0.39, 0.29) is 0 Å². The van der Waals surface area contributed by atoms with Crippen molar-refractivity contribution in [3.05, 3.63) is 0 Å². The Labute approximate surface area is 95.4 Å². The van der Waals surface area contributed by atoms with E-state index in [9.17, 15) is 0 Å². The van der Waals surface area contributed by atoms with Crippen LogP contribution in [0.2, 0.25) is 0 Å². The highest BCUT2D eigenvalue weighted by Crippen LogP contribution is 2.23. The number of nitrogens with one attached hydrogen (secondary N) is 1. The third-order valence-corrected chi connectivity index (χ3v) is 3.66. The first-order valence-electron chi connectivity index (χ1n) is 6.63. The van der Waals surface area contributed by atoms with E-state index in [2.05, 4.69) is 37.9 Å². The van der Waals surface area contributed by atoms with Gasteiger partial charge in [0, 0.05) is 12.6 Å². The van der Waals surface area contributed by atoms with Crippen molar-refractivity contribution < 1.29 is 0 Å². The maximum Gasteiger partial charge on any atom is 0.0116 e. The van der Waals surface area contributed by atoms with Crippen LogP contribution in [0.3, 0.4) is 0 Å². The number of nitrogens with zero attached hydrogens (tertiary/aromatic N) is 1. The SMILES string of the molecule is CCNCC1CCN(C(CC)C(C)C)C1. The minimum Gasteiger partial charge on any atom is -0.317 e. The molecule has 1 N–H and O–H groups in total. The van der Waals surface area contributed by atoms with E-state index in [0.717, 1.165) is 24.4 Å². The molecule has 2 heteroatoms. The molecule has 90 valence electrons. The van der Waals surface area contributed by atoms with Crippen LogP contribution in [0.4, 0.5) is 0 Å². The smallest absolute Gasteiger partial charge is 0.0116 e. The lowest BCUT2D eigenvalue weighted by Gasteiger charge is -2.30. The number of likely N-dealkylation sites (tertiary alicyclic amines) is 1. The van der Waals surface area contributed by atoms with Crippen molar-refractivity contribution in [3.8, 4) is 0 Å². The summed E-state index contributed by atoms with van der Waals surface area (Å²) < 4.78 is 0. The van der Waals surface area contributed by atoms with Gasteiger partial charge >= 0.3 is 0 Å². The fraction of sp³-hybridized carbons (Fsp3) is 1.00. The van der Waals surface area contributed by atoms with Crippen LogP contribution in [-0.2, 0) is 0 Å². The van der Waals surface area contributed by atoms with Crippen molar-refractivity contribution in [2.75, 3.05) is 26.2 Å². The van der Waals surface area contributed by atoms with Gasteiger partial charge in [0.05, 0.1) is 0 Å². The lowest BCUT2D eigenvalue weighted by molar-refractivity contribution is 0.179. The Morgan fingerprint density at radius 1 is 1.33 bits per heavy atom. The molecule has 2 atom stereocenters. The van der Waals surface area contributed by atoms with Gasteiger partial charge in [-0.1, -0.05) is 27.7 Å². The number of hydrogen-bond donors (Lipinski definition) is 1. The molecule has 1 heterocycles. The Hall–Kier alpha value is -0.0800. The maximum absolute atomic E-state index is 3.47. The summed E-state index contributed by atoms with van der Waals surface area (Å²) >= 11 is 0. The fourth-order valence-electron chi connectivity index (χ4n) is 2.83. The van der Waals surface area contributed by atoms with Crippen molar-refractivity contribution in [1.82, 2.24) is 10.2 Å². The molecule has 0 spiro atoms. The molecule has 0 aromatic rings. The van der Waals surface area contributed by atoms with Gasteiger partial charge < -0.3 is 5.32 Å². The summed E-state index contributed by atoms with van der Waals surface area (Å²) in [5, 5.41) is 3.47. The van der Waals surface area contributed by atoms with Gasteiger partial charge in [0.2, 0.25) is 0 Å². The molecular formula is C13H28N2. The van der Waals surface area contributed by atoms with Gasteiger partial charge in [0.1, 0.15) is 0 Å². The molecule has 1 rings (SSSR count). The minimum atomic E-state index is 0.799. The molecule has 0 aliphatic carbocycles. The summed E-state index contributed by atoms with van der Waals surface area (Å²) in [6, 6.07) is 0.802. The molecule has 1 fully saturated rings. The second-order valence-electron chi connectivity index (χ2n) is 5.18. The summed E-state index contributed by atoms with van der Waals surface area (Å²) in [6.07, 6.45) is 2.68. The van der Waals surface area contributed by atoms with Crippen LogP contribution in [0, 0.1) is 11.8 Å². The number of rotatable bonds is 6. The standard InChI is InChI=1S/C13H28N2/c1-5-13(11(3)4)15-8-7-12(10-15)9-14-6-2/h11-14H,5-10H2,1-4H3. The minimum absolute atomic E-state index is 0.799. The van der Waals surface area contributed by atoms with Crippen LogP contribution < -0.4 is 5.32 Å². The van der Waals surface area contributed by atoms with Crippen molar-refractivity contribution in [2.24, 2.45) is 11.8 Å². The van der Waals surface area contributed by atoms with E-state index in [1.807, 2.05) is 0 Å². The molecule has 0 bridgehead atoms. The Balaban J connectivity index is 2.33. The molecule has 0 amide bonds. The normalized spacial score (nSPS) is 25.0. The summed E-state index contributed by atoms with van der Waals surface area (Å²) in [5.41, 5.74) is 0. The van der Waals surface area contributed by atoms with Crippen molar-refractivity contribution >= 4 is 0 Å². The van der Waals surface area contributed by atoms with Crippen LogP contribution in [0.25, 0.3) is 0 Å². The molecule has 0 aromatic carbocycles. The van der Waals surface area contributed by atoms with Crippen LogP contribution >= 0.6 is 0 Å². The van der Waals surface area contributed by atoms with Gasteiger partial charge in [-0.15, -0.1) is 0 Å². The zero-order chi connectivity index (χ0) is 11.3. The first-order valence-corrected chi connectivity index (χ1v) is 6.63. The van der Waals surface area contributed by atoms with Crippen LogP contribution in [0.1, 0.15) is 40.5 Å². The van der Waals surface area contributed by atoms with Gasteiger partial charge in [-0.05, 0) is 44.3 Å². The van der Waals surface area contributed by atoms with E-state index in [4.69, 9.17) is 0 Å². The molecule has 15 heavy (non-hydrogen) atoms. The van der Waals surface area contributed by atoms with E-state index >= 15 is 0 Å². The molecule has 0 saturated carbocycles. The quantitative estimate of drug-likeness (QED) is 0.727. The van der Waals surface area contributed by atoms with Crippen molar-refractivity contribution in [3.63, 3.8) is 0 Å². The van der Waals surface area contributed by atoms with Gasteiger partial charge in [0.25, 0.3) is 0 Å². The first kappa shape index (κ1) is 13.0. The molecule has 1 saturated heterocycles. The zero-order valence-electron chi connectivity index (χ0n) is 10.9. The van der Waals surface area contributed by atoms with Gasteiger partial charge in [-0.3, -0.25) is 4.90 Å². The zero-order valence-corrected chi connectivity index (χ0v) is 10.9. The van der Waals surface area contributed by atoms with Crippen LogP contribution in [-0.4, -0.2) is 37.1 Å². The average molecular weight is 212 g/mol. The van der Waals surface area contributed by atoms with Crippen LogP contribution in [0.5, 0.6) is 0 Å². The molecular weight excluding hydrogens is 184 g/mol. The molecule has 2 nitrogen and oxygen atoms in total. The van der Waals surface area contributed by atoms with Crippen molar-refractivity contribution in [1.29, 1.82) is 0 Å². The molecule has 0 radical (unpaired) electrons. The van der Waals surface area contributed by atoms with Gasteiger partial charge in [-0.2, -0.15) is 0 Å². The molecule has 0 aromatic heterocycles. The summed E-state index contributed by atoms with van der Waals surface area (Å²) in [5.74, 6) is 1.69. The summed E-state index contributed by atoms with van der Waals surface area (Å²) in [7, 11) is 0. The van der Waals surface area contributed by atoms with Crippen molar-refractivity contribution in [2.45, 2.75) is 46.6 Å². The predicted octanol–water partition coefficient (Wildman–Crippen LogP) is 2.35. The van der Waals surface area contributed by atoms with E-state index < -0.39 is 0 Å². The highest BCUT2D eigenvalue weighted by atomic mass is 15.2. The highest BCUT2D eigenvalue weighted by molar-refractivity contribution is 4.83. The fourth-order valence-corrected chi connectivity index (χ4v) is 2.83. The molecule has 1 aliphatic heterocycles. The second kappa shape index (κ2) is 6.49. The average Bonchev–Trinajstić information content (AvgIpc) is 2.64. The number of hydrogen-bond acceptors (Lipinski definition) is 2. The third-order valence-electron chi connectivity index (χ3n) is 3.66. The monoisotopic (exact) mass is 212 g/mol. The molecule has 1 aliphatic rings. The summed E-state index contributed by atoms with van der Waals surface area (Å²) in [6.45, 7) is 14.2. The first-order chi connectivity index (χ1) is 7.19. The second-order valence-corrected chi connectivity index (χ2v) is 5.18. The van der Waals surface area contributed by atoms with E-state index in [1.165, 1.54) is 32.5 Å². The third kappa shape index (κ3) is 3.76. The maximum atomic E-state index is 3.47. The Morgan fingerprint density at radius 3 is 2.60 bits per heavy atom. The molecule has 2 unspecified atom stereocenters. The van der Waals surface area contributed by atoms with Crippen LogP contribution in [0.15, 0.2) is 0 Å². The highest BCUT2D eigenvalue weighted by Gasteiger charge is 2.28. The lowest BCUT2D eigenvalue weighted by Crippen LogP contribution is -2.37. The van der Waals surface area contributed by atoms with E-state index in [1.54, 1.807) is 0 Å². The predicted molar refractivity (Wildman–Crippen MR) is 67.1 cm³/mol. The van der Waals surface area contributed by atoms with Gasteiger partial charge in [0.15, 0.2) is 0 Å².